The van der Waals surface area contributed by atoms with Crippen LogP contribution in [0.4, 0.5) is 17.2 Å². The number of para-hydroxylation sites is 2. The second-order valence-electron chi connectivity index (χ2n) is 7.23. The van der Waals surface area contributed by atoms with E-state index in [2.05, 4.69) is 31.5 Å². The first kappa shape index (κ1) is 18.4. The highest BCUT2D eigenvalue weighted by Crippen LogP contribution is 2.29. The van der Waals surface area contributed by atoms with Crippen molar-refractivity contribution in [2.45, 2.75) is 0 Å². The van der Waals surface area contributed by atoms with E-state index in [9.17, 15) is 4.79 Å². The SMILES string of the molecule is Cn1c(=O)c(Nc2ccccc2N2CCOCC2)nc2ccc(-c3cc[nH]n3)cc21. The minimum Gasteiger partial charge on any atom is -0.378 e. The van der Waals surface area contributed by atoms with Crippen LogP contribution in [0.2, 0.25) is 0 Å². The van der Waals surface area contributed by atoms with Crippen molar-refractivity contribution in [3.63, 3.8) is 0 Å². The molecule has 5 rings (SSSR count). The summed E-state index contributed by atoms with van der Waals surface area (Å²) in [5, 5.41) is 10.3. The summed E-state index contributed by atoms with van der Waals surface area (Å²) in [6.45, 7) is 3.03. The summed E-state index contributed by atoms with van der Waals surface area (Å²) in [5.41, 5.74) is 4.97. The Labute approximate surface area is 173 Å². The van der Waals surface area contributed by atoms with E-state index in [1.165, 1.54) is 0 Å². The number of anilines is 3. The van der Waals surface area contributed by atoms with Crippen LogP contribution in [0.1, 0.15) is 0 Å². The van der Waals surface area contributed by atoms with Gasteiger partial charge in [-0.2, -0.15) is 5.10 Å². The number of ether oxygens (including phenoxy) is 1. The highest BCUT2D eigenvalue weighted by Gasteiger charge is 2.17. The number of H-pyrrole nitrogens is 1. The monoisotopic (exact) mass is 402 g/mol. The Morgan fingerprint density at radius 1 is 1.10 bits per heavy atom. The fourth-order valence-electron chi connectivity index (χ4n) is 3.77. The molecule has 0 radical (unpaired) electrons. The number of hydrogen-bond donors (Lipinski definition) is 2. The molecule has 1 fully saturated rings. The molecule has 0 atom stereocenters. The molecule has 8 heteroatoms. The molecule has 2 N–H and O–H groups in total. The van der Waals surface area contributed by atoms with E-state index in [-0.39, 0.29) is 5.56 Å². The maximum Gasteiger partial charge on any atom is 0.293 e. The zero-order valence-corrected chi connectivity index (χ0v) is 16.6. The molecule has 0 spiro atoms. The number of aromatic nitrogens is 4. The normalized spacial score (nSPS) is 14.2. The third-order valence-electron chi connectivity index (χ3n) is 5.38. The van der Waals surface area contributed by atoms with E-state index in [4.69, 9.17) is 4.74 Å². The van der Waals surface area contributed by atoms with E-state index in [0.29, 0.717) is 19.0 Å². The molecule has 30 heavy (non-hydrogen) atoms. The van der Waals surface area contributed by atoms with Crippen LogP contribution >= 0.6 is 0 Å². The third-order valence-corrected chi connectivity index (χ3v) is 5.38. The van der Waals surface area contributed by atoms with Gasteiger partial charge in [0.15, 0.2) is 5.82 Å². The van der Waals surface area contributed by atoms with Crippen molar-refractivity contribution >= 4 is 28.2 Å². The summed E-state index contributed by atoms with van der Waals surface area (Å²) in [5.74, 6) is 0.304. The Hall–Kier alpha value is -3.65. The van der Waals surface area contributed by atoms with E-state index in [0.717, 1.165) is 46.8 Å². The molecule has 0 saturated carbocycles. The first-order valence-corrected chi connectivity index (χ1v) is 9.90. The molecule has 0 aliphatic carbocycles. The number of rotatable bonds is 4. The van der Waals surface area contributed by atoms with Crippen molar-refractivity contribution < 1.29 is 4.74 Å². The van der Waals surface area contributed by atoms with Gasteiger partial charge >= 0.3 is 0 Å². The average molecular weight is 402 g/mol. The van der Waals surface area contributed by atoms with Crippen LogP contribution in [0.15, 0.2) is 59.5 Å². The molecule has 4 aromatic rings. The number of benzene rings is 2. The quantitative estimate of drug-likeness (QED) is 0.546. The predicted molar refractivity (Wildman–Crippen MR) is 117 cm³/mol. The number of aryl methyl sites for hydroxylation is 1. The van der Waals surface area contributed by atoms with Crippen LogP contribution in [-0.4, -0.2) is 46.1 Å². The van der Waals surface area contributed by atoms with Crippen LogP contribution in [0.25, 0.3) is 22.3 Å². The number of nitrogens with zero attached hydrogens (tertiary/aromatic N) is 4. The Morgan fingerprint density at radius 2 is 1.93 bits per heavy atom. The Bertz CT molecular complexity index is 1240. The number of aromatic amines is 1. The second-order valence-corrected chi connectivity index (χ2v) is 7.23. The maximum atomic E-state index is 13.1. The predicted octanol–water partition coefficient (Wildman–Crippen LogP) is 2.90. The number of hydrogen-bond acceptors (Lipinski definition) is 6. The first-order chi connectivity index (χ1) is 14.7. The molecule has 3 heterocycles. The average Bonchev–Trinajstić information content (AvgIpc) is 3.33. The summed E-state index contributed by atoms with van der Waals surface area (Å²) in [6.07, 6.45) is 1.77. The summed E-state index contributed by atoms with van der Waals surface area (Å²) >= 11 is 0. The van der Waals surface area contributed by atoms with Gasteiger partial charge in [-0.1, -0.05) is 18.2 Å². The Kier molecular flexibility index (Phi) is 4.68. The first-order valence-electron chi connectivity index (χ1n) is 9.90. The lowest BCUT2D eigenvalue weighted by Crippen LogP contribution is -2.36. The highest BCUT2D eigenvalue weighted by molar-refractivity contribution is 5.83. The van der Waals surface area contributed by atoms with Crippen molar-refractivity contribution in [2.75, 3.05) is 36.5 Å². The lowest BCUT2D eigenvalue weighted by Gasteiger charge is -2.30. The van der Waals surface area contributed by atoms with Crippen molar-refractivity contribution in [3.8, 4) is 11.3 Å². The van der Waals surface area contributed by atoms with E-state index in [1.54, 1.807) is 17.8 Å². The van der Waals surface area contributed by atoms with Crippen LogP contribution in [0.5, 0.6) is 0 Å². The van der Waals surface area contributed by atoms with Crippen LogP contribution in [-0.2, 0) is 11.8 Å². The molecule has 1 aliphatic heterocycles. The Morgan fingerprint density at radius 3 is 2.73 bits per heavy atom. The maximum absolute atomic E-state index is 13.1. The van der Waals surface area contributed by atoms with Crippen molar-refractivity contribution in [1.29, 1.82) is 0 Å². The van der Waals surface area contributed by atoms with Crippen LogP contribution < -0.4 is 15.8 Å². The van der Waals surface area contributed by atoms with E-state index < -0.39 is 0 Å². The number of nitrogens with one attached hydrogen (secondary N) is 2. The lowest BCUT2D eigenvalue weighted by molar-refractivity contribution is 0.123. The zero-order chi connectivity index (χ0) is 20.5. The van der Waals surface area contributed by atoms with Gasteiger partial charge in [0.05, 0.1) is 41.3 Å². The van der Waals surface area contributed by atoms with Crippen molar-refractivity contribution in [3.05, 3.63) is 65.1 Å². The van der Waals surface area contributed by atoms with Crippen molar-refractivity contribution in [1.82, 2.24) is 19.7 Å². The molecule has 0 bridgehead atoms. The van der Waals surface area contributed by atoms with Gasteiger partial charge < -0.3 is 19.5 Å². The lowest BCUT2D eigenvalue weighted by atomic mass is 10.1. The van der Waals surface area contributed by atoms with Gasteiger partial charge in [-0.3, -0.25) is 9.89 Å². The topological polar surface area (TPSA) is 88.1 Å². The number of morpholine rings is 1. The zero-order valence-electron chi connectivity index (χ0n) is 16.6. The molecule has 2 aromatic heterocycles. The van der Waals surface area contributed by atoms with Crippen LogP contribution in [0, 0.1) is 0 Å². The molecule has 1 aliphatic rings. The molecule has 0 unspecified atom stereocenters. The van der Waals surface area contributed by atoms with Gasteiger partial charge in [-0.05, 0) is 30.3 Å². The Balaban J connectivity index is 1.54. The minimum absolute atomic E-state index is 0.182. The van der Waals surface area contributed by atoms with Gasteiger partial charge in [-0.25, -0.2) is 4.98 Å². The molecule has 152 valence electrons. The van der Waals surface area contributed by atoms with Gasteiger partial charge in [0.1, 0.15) is 0 Å². The minimum atomic E-state index is -0.182. The summed E-state index contributed by atoms with van der Waals surface area (Å²) in [7, 11) is 1.76. The largest absolute Gasteiger partial charge is 0.378 e. The van der Waals surface area contributed by atoms with Gasteiger partial charge in [0.25, 0.3) is 5.56 Å². The molecule has 8 nitrogen and oxygen atoms in total. The summed E-state index contributed by atoms with van der Waals surface area (Å²) < 4.78 is 7.09. The van der Waals surface area contributed by atoms with Crippen LogP contribution in [0.3, 0.4) is 0 Å². The fourth-order valence-corrected chi connectivity index (χ4v) is 3.77. The molecule has 1 saturated heterocycles. The molecule has 0 amide bonds. The summed E-state index contributed by atoms with van der Waals surface area (Å²) in [4.78, 5) is 19.9. The fraction of sp³-hybridized carbons (Fsp3) is 0.227. The summed E-state index contributed by atoms with van der Waals surface area (Å²) in [6, 6.07) is 15.7. The van der Waals surface area contributed by atoms with Crippen molar-refractivity contribution in [2.24, 2.45) is 7.05 Å². The smallest absolute Gasteiger partial charge is 0.293 e. The number of fused-ring (bicyclic) bond motifs is 1. The van der Waals surface area contributed by atoms with E-state index in [1.807, 2.05) is 42.5 Å². The third kappa shape index (κ3) is 3.31. The van der Waals surface area contributed by atoms with Gasteiger partial charge in [0.2, 0.25) is 0 Å². The molecular formula is C22H22N6O2. The standard InChI is InChI=1S/C22H22N6O2/c1-27-20-14-15(16-8-9-23-26-16)6-7-18(20)25-21(22(27)29)24-17-4-2-3-5-19(17)28-10-12-30-13-11-28/h2-9,14H,10-13H2,1H3,(H,23,26)(H,24,25). The van der Waals surface area contributed by atoms with Gasteiger partial charge in [-0.15, -0.1) is 0 Å². The second kappa shape index (κ2) is 7.64. The molecule has 2 aromatic carbocycles. The highest BCUT2D eigenvalue weighted by atomic mass is 16.5. The van der Waals surface area contributed by atoms with E-state index >= 15 is 0 Å². The molecular weight excluding hydrogens is 380 g/mol. The van der Waals surface area contributed by atoms with Gasteiger partial charge in [0, 0.05) is 31.9 Å².